The van der Waals surface area contributed by atoms with Gasteiger partial charge in [0.25, 0.3) is 10.0 Å². The highest BCUT2D eigenvalue weighted by Crippen LogP contribution is 2.27. The van der Waals surface area contributed by atoms with Gasteiger partial charge in [-0.25, -0.2) is 8.42 Å². The van der Waals surface area contributed by atoms with Crippen molar-refractivity contribution in [3.63, 3.8) is 0 Å². The molecule has 1 atom stereocenters. The van der Waals surface area contributed by atoms with Crippen LogP contribution in [-0.2, 0) is 32.6 Å². The number of anilines is 1. The molecule has 0 heterocycles. The summed E-state index contributed by atoms with van der Waals surface area (Å²) in [6.45, 7) is -0.469. The molecule has 4 aromatic carbocycles. The first-order valence-corrected chi connectivity index (χ1v) is 17.2. The molecule has 1 saturated carbocycles. The summed E-state index contributed by atoms with van der Waals surface area (Å²) in [4.78, 5) is 30.3. The second-order valence-electron chi connectivity index (χ2n) is 11.6. The Hall–Kier alpha value is -4.83. The van der Waals surface area contributed by atoms with Crippen molar-refractivity contribution in [2.24, 2.45) is 0 Å². The van der Waals surface area contributed by atoms with Crippen LogP contribution in [0, 0.1) is 0 Å². The number of carbonyl (C=O) groups is 2. The van der Waals surface area contributed by atoms with Gasteiger partial charge < -0.3 is 19.7 Å². The summed E-state index contributed by atoms with van der Waals surface area (Å²) in [5.41, 5.74) is 1.91. The molecular weight excluding hydrogens is 614 g/mol. The summed E-state index contributed by atoms with van der Waals surface area (Å²) < 4.78 is 40.1. The molecule has 0 unspecified atom stereocenters. The van der Waals surface area contributed by atoms with Crippen LogP contribution in [0.15, 0.2) is 114 Å². The van der Waals surface area contributed by atoms with Gasteiger partial charge in [-0.2, -0.15) is 0 Å². The predicted octanol–water partition coefficient (Wildman–Crippen LogP) is 5.60. The standard InChI is InChI=1S/C37H41N3O6S/c1-45-32-22-20-31(21-23-32)40(47(43,44)34-18-7-4-8-19-34)27-36(41)39(26-29-14-11-17-33(24-29)46-2)35(25-28-12-5-3-6-13-28)37(42)38-30-15-9-10-16-30/h3-8,11-14,17-24,30,35H,9-10,15-16,25-27H2,1-2H3,(H,38,42)/t35-/m0/s1. The smallest absolute Gasteiger partial charge is 0.264 e. The molecule has 2 amide bonds. The molecule has 0 radical (unpaired) electrons. The first-order chi connectivity index (χ1) is 22.8. The number of nitrogens with zero attached hydrogens (tertiary/aromatic N) is 2. The van der Waals surface area contributed by atoms with Crippen LogP contribution < -0.4 is 19.1 Å². The lowest BCUT2D eigenvalue weighted by Crippen LogP contribution is -2.54. The predicted molar refractivity (Wildman–Crippen MR) is 182 cm³/mol. The molecule has 0 aliphatic heterocycles. The van der Waals surface area contributed by atoms with E-state index in [1.54, 1.807) is 49.6 Å². The minimum absolute atomic E-state index is 0.0313. The molecule has 1 aliphatic carbocycles. The largest absolute Gasteiger partial charge is 0.497 e. The van der Waals surface area contributed by atoms with Crippen molar-refractivity contribution < 1.29 is 27.5 Å². The van der Waals surface area contributed by atoms with Gasteiger partial charge in [-0.3, -0.25) is 13.9 Å². The van der Waals surface area contributed by atoms with Gasteiger partial charge in [0.05, 0.1) is 24.8 Å². The minimum Gasteiger partial charge on any atom is -0.497 e. The van der Waals surface area contributed by atoms with Gasteiger partial charge in [-0.1, -0.05) is 73.5 Å². The molecular formula is C37H41N3O6S. The number of methoxy groups -OCH3 is 2. The molecule has 1 fully saturated rings. The van der Waals surface area contributed by atoms with Crippen molar-refractivity contribution >= 4 is 27.5 Å². The van der Waals surface area contributed by atoms with Crippen LogP contribution >= 0.6 is 0 Å². The van der Waals surface area contributed by atoms with Gasteiger partial charge in [0.1, 0.15) is 24.1 Å². The van der Waals surface area contributed by atoms with E-state index in [1.165, 1.54) is 24.1 Å². The Balaban J connectivity index is 1.57. The highest BCUT2D eigenvalue weighted by Gasteiger charge is 2.35. The second kappa shape index (κ2) is 15.6. The lowest BCUT2D eigenvalue weighted by molar-refractivity contribution is -0.140. The Morgan fingerprint density at radius 2 is 1.40 bits per heavy atom. The Labute approximate surface area is 277 Å². The summed E-state index contributed by atoms with van der Waals surface area (Å²) in [6, 6.07) is 30.5. The summed E-state index contributed by atoms with van der Waals surface area (Å²) in [7, 11) is -1.09. The first kappa shape index (κ1) is 33.5. The third-order valence-corrected chi connectivity index (χ3v) is 10.2. The van der Waals surface area contributed by atoms with Gasteiger partial charge in [0, 0.05) is 19.0 Å². The summed E-state index contributed by atoms with van der Waals surface area (Å²) >= 11 is 0. The van der Waals surface area contributed by atoms with Gasteiger partial charge in [0.15, 0.2) is 0 Å². The van der Waals surface area contributed by atoms with Crippen LogP contribution in [0.1, 0.15) is 36.8 Å². The van der Waals surface area contributed by atoms with Crippen LogP contribution in [0.2, 0.25) is 0 Å². The lowest BCUT2D eigenvalue weighted by atomic mass is 10.0. The lowest BCUT2D eigenvalue weighted by Gasteiger charge is -2.34. The fourth-order valence-corrected chi connectivity index (χ4v) is 7.32. The van der Waals surface area contributed by atoms with Crippen LogP contribution in [-0.4, -0.2) is 58.0 Å². The first-order valence-electron chi connectivity index (χ1n) is 15.8. The fourth-order valence-electron chi connectivity index (χ4n) is 5.89. The number of benzene rings is 4. The van der Waals surface area contributed by atoms with Crippen molar-refractivity contribution in [1.29, 1.82) is 0 Å². The highest BCUT2D eigenvalue weighted by molar-refractivity contribution is 7.92. The molecule has 246 valence electrons. The summed E-state index contributed by atoms with van der Waals surface area (Å²) in [5.74, 6) is 0.365. The molecule has 1 N–H and O–H groups in total. The number of nitrogens with one attached hydrogen (secondary N) is 1. The average Bonchev–Trinajstić information content (AvgIpc) is 3.62. The maximum Gasteiger partial charge on any atom is 0.264 e. The molecule has 1 aliphatic rings. The maximum atomic E-state index is 14.6. The zero-order chi connectivity index (χ0) is 33.2. The molecule has 5 rings (SSSR count). The fraction of sp³-hybridized carbons (Fsp3) is 0.297. The normalized spacial score (nSPS) is 13.8. The number of hydrogen-bond acceptors (Lipinski definition) is 6. The van der Waals surface area contributed by atoms with E-state index >= 15 is 0 Å². The van der Waals surface area contributed by atoms with Gasteiger partial charge in [-0.05, 0) is 72.5 Å². The summed E-state index contributed by atoms with van der Waals surface area (Å²) in [6.07, 6.45) is 4.09. The number of hydrogen-bond donors (Lipinski definition) is 1. The van der Waals surface area contributed by atoms with Gasteiger partial charge >= 0.3 is 0 Å². The molecule has 0 bridgehead atoms. The topological polar surface area (TPSA) is 105 Å². The van der Waals surface area contributed by atoms with Crippen LogP contribution in [0.25, 0.3) is 0 Å². The zero-order valence-electron chi connectivity index (χ0n) is 26.7. The average molecular weight is 656 g/mol. The van der Waals surface area contributed by atoms with Gasteiger partial charge in [-0.15, -0.1) is 0 Å². The quantitative estimate of drug-likeness (QED) is 0.190. The highest BCUT2D eigenvalue weighted by atomic mass is 32.2. The Kier molecular flexibility index (Phi) is 11.2. The number of sulfonamides is 1. The molecule has 10 heteroatoms. The van der Waals surface area contributed by atoms with E-state index < -0.39 is 28.5 Å². The van der Waals surface area contributed by atoms with Crippen molar-refractivity contribution in [3.05, 3.63) is 120 Å². The van der Waals surface area contributed by atoms with E-state index in [1.807, 2.05) is 54.6 Å². The molecule has 9 nitrogen and oxygen atoms in total. The van der Waals surface area contributed by atoms with E-state index in [0.29, 0.717) is 17.2 Å². The van der Waals surface area contributed by atoms with E-state index in [9.17, 15) is 18.0 Å². The Morgan fingerprint density at radius 3 is 2.04 bits per heavy atom. The SMILES string of the molecule is COc1ccc(N(CC(=O)N(Cc2cccc(OC)c2)[C@@H](Cc2ccccc2)C(=O)NC2CCCC2)S(=O)(=O)c2ccccc2)cc1. The van der Waals surface area contributed by atoms with Crippen molar-refractivity contribution in [2.75, 3.05) is 25.1 Å². The van der Waals surface area contributed by atoms with Gasteiger partial charge in [0.2, 0.25) is 11.8 Å². The zero-order valence-corrected chi connectivity index (χ0v) is 27.6. The van der Waals surface area contributed by atoms with E-state index in [-0.39, 0.29) is 29.8 Å². The van der Waals surface area contributed by atoms with Crippen LogP contribution in [0.4, 0.5) is 5.69 Å². The van der Waals surface area contributed by atoms with Crippen molar-refractivity contribution in [3.8, 4) is 11.5 Å². The Morgan fingerprint density at radius 1 is 0.787 bits per heavy atom. The van der Waals surface area contributed by atoms with E-state index in [0.717, 1.165) is 41.1 Å². The Bertz CT molecular complexity index is 1730. The maximum absolute atomic E-state index is 14.6. The second-order valence-corrected chi connectivity index (χ2v) is 13.5. The number of carbonyl (C=O) groups excluding carboxylic acids is 2. The van der Waals surface area contributed by atoms with E-state index in [2.05, 4.69) is 5.32 Å². The molecule has 47 heavy (non-hydrogen) atoms. The van der Waals surface area contributed by atoms with E-state index in [4.69, 9.17) is 9.47 Å². The molecule has 4 aromatic rings. The monoisotopic (exact) mass is 655 g/mol. The number of amides is 2. The molecule has 0 aromatic heterocycles. The third kappa shape index (κ3) is 8.51. The van der Waals surface area contributed by atoms with Crippen molar-refractivity contribution in [1.82, 2.24) is 10.2 Å². The van der Waals surface area contributed by atoms with Crippen LogP contribution in [0.3, 0.4) is 0 Å². The molecule has 0 saturated heterocycles. The summed E-state index contributed by atoms with van der Waals surface area (Å²) in [5, 5.41) is 3.19. The van der Waals surface area contributed by atoms with Crippen molar-refractivity contribution in [2.45, 2.75) is 55.6 Å². The number of ether oxygens (including phenoxy) is 2. The third-order valence-electron chi connectivity index (χ3n) is 8.43. The molecule has 0 spiro atoms. The minimum atomic E-state index is -4.18. The van der Waals surface area contributed by atoms with Crippen LogP contribution in [0.5, 0.6) is 11.5 Å². The number of rotatable bonds is 14.